The fraction of sp³-hybridized carbons (Fsp3) is 0.545. The summed E-state index contributed by atoms with van der Waals surface area (Å²) in [5, 5.41) is 20.0. The molecule has 10 N–H and O–H groups in total. The third-order valence-corrected chi connectivity index (χ3v) is 7.68. The molecule has 0 amide bonds. The van der Waals surface area contributed by atoms with Crippen molar-refractivity contribution in [2.24, 2.45) is 17.3 Å². The second-order valence-corrected chi connectivity index (χ2v) is 9.20. The number of phenols is 1. The third-order valence-electron chi connectivity index (χ3n) is 7.68. The lowest BCUT2D eigenvalue weighted by Crippen LogP contribution is -2.43. The van der Waals surface area contributed by atoms with Crippen LogP contribution in [-0.2, 0) is 6.42 Å². The molecule has 2 aromatic rings. The topological polar surface area (TPSA) is 170 Å². The second-order valence-electron chi connectivity index (χ2n) is 9.20. The SMILES string of the molecule is C[C@]12CC[C@@H]3c4ccc(O)cc4CC[C@H]3[C@@H]1CC[C@@H]2O.Nc1nc(N)c(N)c(N)n1. The number of hydrogen-bond acceptors (Lipinski definition) is 8. The molecular formula is C22H32N6O2. The van der Waals surface area contributed by atoms with Crippen LogP contribution in [0.25, 0.3) is 0 Å². The number of nitrogens with two attached hydrogens (primary N) is 4. The van der Waals surface area contributed by atoms with E-state index >= 15 is 0 Å². The van der Waals surface area contributed by atoms with Crippen molar-refractivity contribution in [3.8, 4) is 5.75 Å². The van der Waals surface area contributed by atoms with Gasteiger partial charge in [-0.25, -0.2) is 0 Å². The summed E-state index contributed by atoms with van der Waals surface area (Å²) in [6.07, 6.45) is 6.78. The molecule has 8 heteroatoms. The smallest absolute Gasteiger partial charge is 0.224 e. The van der Waals surface area contributed by atoms with Crippen LogP contribution in [0.3, 0.4) is 0 Å². The number of nitrogens with zero attached hydrogens (tertiary/aromatic N) is 2. The van der Waals surface area contributed by atoms with Crippen LogP contribution in [-0.4, -0.2) is 26.3 Å². The molecule has 1 heterocycles. The van der Waals surface area contributed by atoms with Crippen molar-refractivity contribution in [1.82, 2.24) is 9.97 Å². The zero-order valence-electron chi connectivity index (χ0n) is 17.4. The molecule has 3 aliphatic rings. The Balaban J connectivity index is 0.000000185. The number of aryl methyl sites for hydroxylation is 1. The number of aliphatic hydroxyl groups is 1. The maximum atomic E-state index is 10.4. The van der Waals surface area contributed by atoms with Crippen LogP contribution < -0.4 is 22.9 Å². The maximum Gasteiger partial charge on any atom is 0.224 e. The average molecular weight is 413 g/mol. The summed E-state index contributed by atoms with van der Waals surface area (Å²) in [6.45, 7) is 2.32. The molecule has 0 saturated heterocycles. The number of benzene rings is 1. The first-order chi connectivity index (χ1) is 14.2. The molecule has 2 fully saturated rings. The van der Waals surface area contributed by atoms with E-state index < -0.39 is 0 Å². The van der Waals surface area contributed by atoms with Gasteiger partial charge in [0.15, 0.2) is 11.6 Å². The van der Waals surface area contributed by atoms with Crippen molar-refractivity contribution >= 4 is 23.3 Å². The van der Waals surface area contributed by atoms with Crippen molar-refractivity contribution in [2.75, 3.05) is 22.9 Å². The van der Waals surface area contributed by atoms with Gasteiger partial charge in [0, 0.05) is 0 Å². The van der Waals surface area contributed by atoms with E-state index in [1.807, 2.05) is 12.1 Å². The molecule has 0 bridgehead atoms. The molecule has 8 nitrogen and oxygen atoms in total. The van der Waals surface area contributed by atoms with Gasteiger partial charge >= 0.3 is 0 Å². The minimum absolute atomic E-state index is 0.0317. The number of anilines is 4. The van der Waals surface area contributed by atoms with E-state index in [1.54, 1.807) is 0 Å². The summed E-state index contributed by atoms with van der Waals surface area (Å²) < 4.78 is 0. The van der Waals surface area contributed by atoms with Gasteiger partial charge < -0.3 is 33.1 Å². The minimum atomic E-state index is -0.0883. The molecule has 30 heavy (non-hydrogen) atoms. The van der Waals surface area contributed by atoms with Crippen LogP contribution in [0, 0.1) is 17.3 Å². The van der Waals surface area contributed by atoms with E-state index in [0.717, 1.165) is 25.2 Å². The van der Waals surface area contributed by atoms with Gasteiger partial charge in [0.05, 0.1) is 6.10 Å². The zero-order chi connectivity index (χ0) is 21.6. The van der Waals surface area contributed by atoms with Gasteiger partial charge in [0.1, 0.15) is 11.4 Å². The lowest BCUT2D eigenvalue weighted by Gasteiger charge is -2.50. The van der Waals surface area contributed by atoms with Crippen molar-refractivity contribution in [3.05, 3.63) is 29.3 Å². The van der Waals surface area contributed by atoms with Crippen molar-refractivity contribution in [2.45, 2.75) is 57.5 Å². The summed E-state index contributed by atoms with van der Waals surface area (Å²) in [4.78, 5) is 7.15. The Morgan fingerprint density at radius 3 is 2.40 bits per heavy atom. The van der Waals surface area contributed by atoms with Gasteiger partial charge in [-0.1, -0.05) is 13.0 Å². The van der Waals surface area contributed by atoms with Gasteiger partial charge in [-0.3, -0.25) is 0 Å². The first-order valence-electron chi connectivity index (χ1n) is 10.6. The summed E-state index contributed by atoms with van der Waals surface area (Å²) in [6, 6.07) is 5.96. The fourth-order valence-corrected chi connectivity index (χ4v) is 6.06. The quantitative estimate of drug-likeness (QED) is 0.383. The molecule has 0 aliphatic heterocycles. The highest BCUT2D eigenvalue weighted by molar-refractivity contribution is 5.71. The second kappa shape index (κ2) is 7.50. The highest BCUT2D eigenvalue weighted by atomic mass is 16.3. The van der Waals surface area contributed by atoms with E-state index in [9.17, 15) is 10.2 Å². The Hall–Kier alpha value is -2.74. The molecule has 5 atom stereocenters. The fourth-order valence-electron chi connectivity index (χ4n) is 6.06. The number of fused-ring (bicyclic) bond motifs is 5. The van der Waals surface area contributed by atoms with Gasteiger partial charge in [0.25, 0.3) is 0 Å². The van der Waals surface area contributed by atoms with Crippen LogP contribution in [0.1, 0.15) is 56.1 Å². The molecule has 3 aliphatic carbocycles. The Kier molecular flexibility index (Phi) is 5.13. The Bertz CT molecular complexity index is 928. The molecule has 1 aromatic carbocycles. The molecule has 5 rings (SSSR count). The molecule has 0 radical (unpaired) electrons. The molecule has 2 saturated carbocycles. The van der Waals surface area contributed by atoms with Gasteiger partial charge in [-0.15, -0.1) is 0 Å². The van der Waals surface area contributed by atoms with Crippen LogP contribution in [0.2, 0.25) is 0 Å². The Morgan fingerprint density at radius 2 is 1.70 bits per heavy atom. The van der Waals surface area contributed by atoms with E-state index in [0.29, 0.717) is 17.6 Å². The molecule has 1 aromatic heterocycles. The van der Waals surface area contributed by atoms with Crippen molar-refractivity contribution in [3.63, 3.8) is 0 Å². The van der Waals surface area contributed by atoms with Gasteiger partial charge in [-0.2, -0.15) is 9.97 Å². The van der Waals surface area contributed by atoms with Crippen LogP contribution in [0.4, 0.5) is 23.3 Å². The number of aliphatic hydroxyl groups excluding tert-OH is 1. The predicted molar refractivity (Wildman–Crippen MR) is 118 cm³/mol. The Labute approximate surface area is 176 Å². The van der Waals surface area contributed by atoms with Crippen LogP contribution >= 0.6 is 0 Å². The monoisotopic (exact) mass is 412 g/mol. The highest BCUT2D eigenvalue weighted by Gasteiger charge is 2.54. The van der Waals surface area contributed by atoms with E-state index in [2.05, 4.69) is 23.0 Å². The highest BCUT2D eigenvalue weighted by Crippen LogP contribution is 2.60. The lowest BCUT2D eigenvalue weighted by atomic mass is 9.55. The lowest BCUT2D eigenvalue weighted by molar-refractivity contribution is -0.0226. The number of phenolic OH excluding ortho intramolecular Hbond substituents is 1. The van der Waals surface area contributed by atoms with E-state index in [1.165, 1.54) is 30.4 Å². The number of rotatable bonds is 0. The molecular weight excluding hydrogens is 380 g/mol. The number of aromatic nitrogens is 2. The summed E-state index contributed by atoms with van der Waals surface area (Å²) in [5.74, 6) is 2.75. The van der Waals surface area contributed by atoms with Crippen LogP contribution in [0.5, 0.6) is 5.75 Å². The van der Waals surface area contributed by atoms with Crippen molar-refractivity contribution < 1.29 is 10.2 Å². The van der Waals surface area contributed by atoms with E-state index in [4.69, 9.17) is 22.9 Å². The third kappa shape index (κ3) is 3.39. The normalized spacial score (nSPS) is 31.7. The van der Waals surface area contributed by atoms with E-state index in [-0.39, 0.29) is 34.8 Å². The van der Waals surface area contributed by atoms with Gasteiger partial charge in [0.2, 0.25) is 5.95 Å². The minimum Gasteiger partial charge on any atom is -0.508 e. The number of aromatic hydroxyl groups is 1. The Morgan fingerprint density at radius 1 is 1.00 bits per heavy atom. The average Bonchev–Trinajstić information content (AvgIpc) is 3.01. The first-order valence-corrected chi connectivity index (χ1v) is 10.6. The summed E-state index contributed by atoms with van der Waals surface area (Å²) in [5.41, 5.74) is 24.2. The van der Waals surface area contributed by atoms with Crippen LogP contribution in [0.15, 0.2) is 18.2 Å². The zero-order valence-corrected chi connectivity index (χ0v) is 17.4. The molecule has 0 spiro atoms. The maximum absolute atomic E-state index is 10.4. The first kappa shape index (κ1) is 20.5. The summed E-state index contributed by atoms with van der Waals surface area (Å²) in [7, 11) is 0. The van der Waals surface area contributed by atoms with Gasteiger partial charge in [-0.05, 0) is 85.0 Å². The number of hydrogen-bond donors (Lipinski definition) is 6. The molecule has 0 unspecified atom stereocenters. The largest absolute Gasteiger partial charge is 0.508 e. The standard InChI is InChI=1S/C18H24O2.C4H8N6/c1-18-9-8-14-13-5-3-12(19)10-11(13)2-4-15(14)16(18)6-7-17(18)20;5-1-2(6)9-4(8)10-3(1)7/h3,5,10,14-17,19-20H,2,4,6-9H2,1H3;5H2,(H6,6,7,8,9,10)/t14-,15-,16+,17+,18+;/m1./s1. The van der Waals surface area contributed by atoms with Crippen molar-refractivity contribution in [1.29, 1.82) is 0 Å². The summed E-state index contributed by atoms with van der Waals surface area (Å²) >= 11 is 0. The predicted octanol–water partition coefficient (Wildman–Crippen LogP) is 2.41. The number of nitrogen functional groups attached to an aromatic ring is 4. The molecule has 162 valence electrons.